The quantitative estimate of drug-likeness (QED) is 0.753. The summed E-state index contributed by atoms with van der Waals surface area (Å²) in [5.41, 5.74) is 0.942. The number of hydrogen-bond acceptors (Lipinski definition) is 4. The summed E-state index contributed by atoms with van der Waals surface area (Å²) in [5.74, 6) is 0.202. The molecule has 2 aromatic carbocycles. The first-order valence-corrected chi connectivity index (χ1v) is 9.47. The lowest BCUT2D eigenvalue weighted by molar-refractivity contribution is -0.122. The van der Waals surface area contributed by atoms with Crippen molar-refractivity contribution >= 4 is 15.9 Å². The van der Waals surface area contributed by atoms with E-state index in [0.717, 1.165) is 5.56 Å². The fourth-order valence-electron chi connectivity index (χ4n) is 2.17. The number of amides is 1. The van der Waals surface area contributed by atoms with Crippen molar-refractivity contribution in [2.24, 2.45) is 0 Å². The van der Waals surface area contributed by atoms with E-state index in [4.69, 9.17) is 4.74 Å². The molecule has 0 aromatic heterocycles. The molecule has 134 valence electrons. The van der Waals surface area contributed by atoms with Crippen molar-refractivity contribution in [1.82, 2.24) is 10.0 Å². The molecule has 0 spiro atoms. The van der Waals surface area contributed by atoms with E-state index in [9.17, 15) is 13.2 Å². The van der Waals surface area contributed by atoms with Gasteiger partial charge >= 0.3 is 0 Å². The topological polar surface area (TPSA) is 84.5 Å². The molecular weight excluding hydrogens is 340 g/mol. The Labute approximate surface area is 148 Å². The van der Waals surface area contributed by atoms with E-state index in [1.807, 2.05) is 37.3 Å². The average Bonchev–Trinajstić information content (AvgIpc) is 2.61. The van der Waals surface area contributed by atoms with Gasteiger partial charge in [0, 0.05) is 6.54 Å². The molecule has 25 heavy (non-hydrogen) atoms. The van der Waals surface area contributed by atoms with Crippen molar-refractivity contribution in [3.05, 3.63) is 60.2 Å². The van der Waals surface area contributed by atoms with E-state index >= 15 is 0 Å². The minimum Gasteiger partial charge on any atom is -0.494 e. The second kappa shape index (κ2) is 8.64. The van der Waals surface area contributed by atoms with Crippen LogP contribution in [0.3, 0.4) is 0 Å². The second-order valence-electron chi connectivity index (χ2n) is 5.45. The van der Waals surface area contributed by atoms with Gasteiger partial charge in [0.15, 0.2) is 0 Å². The van der Waals surface area contributed by atoms with Gasteiger partial charge in [-0.2, -0.15) is 4.72 Å². The van der Waals surface area contributed by atoms with E-state index in [-0.39, 0.29) is 4.90 Å². The first kappa shape index (κ1) is 19.0. The highest BCUT2D eigenvalue weighted by molar-refractivity contribution is 7.89. The van der Waals surface area contributed by atoms with Gasteiger partial charge in [-0.05, 0) is 43.7 Å². The molecule has 2 rings (SSSR count). The normalized spacial score (nSPS) is 12.4. The largest absolute Gasteiger partial charge is 0.494 e. The number of hydrogen-bond donors (Lipinski definition) is 2. The van der Waals surface area contributed by atoms with Gasteiger partial charge in [-0.1, -0.05) is 30.3 Å². The zero-order valence-corrected chi connectivity index (χ0v) is 15.0. The van der Waals surface area contributed by atoms with Crippen molar-refractivity contribution in [3.63, 3.8) is 0 Å². The third kappa shape index (κ3) is 5.58. The lowest BCUT2D eigenvalue weighted by atomic mass is 10.2. The van der Waals surface area contributed by atoms with Crippen LogP contribution in [0.5, 0.6) is 5.75 Å². The van der Waals surface area contributed by atoms with Crippen LogP contribution in [0, 0.1) is 0 Å². The summed E-state index contributed by atoms with van der Waals surface area (Å²) in [6.07, 6.45) is 0. The fourth-order valence-corrected chi connectivity index (χ4v) is 3.38. The maximum atomic E-state index is 12.4. The minimum atomic E-state index is -3.79. The van der Waals surface area contributed by atoms with Crippen LogP contribution in [0.4, 0.5) is 0 Å². The number of carbonyl (C=O) groups excluding carboxylic acids is 1. The van der Waals surface area contributed by atoms with Crippen LogP contribution < -0.4 is 14.8 Å². The highest BCUT2D eigenvalue weighted by Crippen LogP contribution is 2.16. The van der Waals surface area contributed by atoms with E-state index in [0.29, 0.717) is 18.9 Å². The summed E-state index contributed by atoms with van der Waals surface area (Å²) in [5, 5.41) is 2.71. The molecule has 0 bridgehead atoms. The molecule has 2 aromatic rings. The van der Waals surface area contributed by atoms with Gasteiger partial charge in [0.25, 0.3) is 0 Å². The van der Waals surface area contributed by atoms with Crippen molar-refractivity contribution in [2.75, 3.05) is 6.61 Å². The molecule has 0 unspecified atom stereocenters. The predicted molar refractivity (Wildman–Crippen MR) is 95.7 cm³/mol. The van der Waals surface area contributed by atoms with Gasteiger partial charge in [0.05, 0.1) is 17.5 Å². The smallest absolute Gasteiger partial charge is 0.241 e. The van der Waals surface area contributed by atoms with E-state index < -0.39 is 22.0 Å². The van der Waals surface area contributed by atoms with Crippen molar-refractivity contribution in [3.8, 4) is 5.75 Å². The molecule has 0 aliphatic carbocycles. The number of nitrogens with one attached hydrogen (secondary N) is 2. The van der Waals surface area contributed by atoms with Crippen LogP contribution in [0.1, 0.15) is 19.4 Å². The molecule has 2 N–H and O–H groups in total. The van der Waals surface area contributed by atoms with E-state index in [2.05, 4.69) is 10.0 Å². The molecule has 1 atom stereocenters. The Morgan fingerprint density at radius 2 is 1.72 bits per heavy atom. The Morgan fingerprint density at radius 3 is 2.32 bits per heavy atom. The van der Waals surface area contributed by atoms with Crippen LogP contribution in [-0.2, 0) is 21.4 Å². The third-order valence-electron chi connectivity index (χ3n) is 3.48. The summed E-state index contributed by atoms with van der Waals surface area (Å²) in [7, 11) is -3.79. The first-order chi connectivity index (χ1) is 11.9. The fraction of sp³-hybridized carbons (Fsp3) is 0.278. The summed E-state index contributed by atoms with van der Waals surface area (Å²) >= 11 is 0. The van der Waals surface area contributed by atoms with Gasteiger partial charge in [-0.15, -0.1) is 0 Å². The SMILES string of the molecule is CCOc1ccc(S(=O)(=O)N[C@H](C)C(=O)NCc2ccccc2)cc1. The van der Waals surface area contributed by atoms with Crippen LogP contribution in [-0.4, -0.2) is 27.0 Å². The molecular formula is C18H22N2O4S. The standard InChI is InChI=1S/C18H22N2O4S/c1-3-24-16-9-11-17(12-10-16)25(22,23)20-14(2)18(21)19-13-15-7-5-4-6-8-15/h4-12,14,20H,3,13H2,1-2H3,(H,19,21)/t14-/m1/s1. The van der Waals surface area contributed by atoms with Gasteiger partial charge in [0.2, 0.25) is 15.9 Å². The highest BCUT2D eigenvalue weighted by atomic mass is 32.2. The number of carbonyl (C=O) groups is 1. The lowest BCUT2D eigenvalue weighted by Crippen LogP contribution is -2.44. The zero-order chi connectivity index (χ0) is 18.3. The molecule has 0 saturated heterocycles. The van der Waals surface area contributed by atoms with Gasteiger partial charge in [0.1, 0.15) is 5.75 Å². The van der Waals surface area contributed by atoms with Gasteiger partial charge in [-0.3, -0.25) is 4.79 Å². The Balaban J connectivity index is 1.95. The summed E-state index contributed by atoms with van der Waals surface area (Å²) in [6, 6.07) is 14.6. The summed E-state index contributed by atoms with van der Waals surface area (Å²) in [4.78, 5) is 12.2. The Morgan fingerprint density at radius 1 is 1.08 bits per heavy atom. The zero-order valence-electron chi connectivity index (χ0n) is 14.2. The van der Waals surface area contributed by atoms with Crippen LogP contribution in [0.2, 0.25) is 0 Å². The molecule has 0 saturated carbocycles. The molecule has 0 fully saturated rings. The second-order valence-corrected chi connectivity index (χ2v) is 7.16. The van der Waals surface area contributed by atoms with Crippen LogP contribution in [0.25, 0.3) is 0 Å². The number of rotatable bonds is 8. The average molecular weight is 362 g/mol. The van der Waals surface area contributed by atoms with Gasteiger partial charge in [-0.25, -0.2) is 8.42 Å². The first-order valence-electron chi connectivity index (χ1n) is 7.99. The molecule has 1 amide bonds. The molecule has 0 aliphatic heterocycles. The monoisotopic (exact) mass is 362 g/mol. The number of ether oxygens (including phenoxy) is 1. The Hall–Kier alpha value is -2.38. The molecule has 0 heterocycles. The van der Waals surface area contributed by atoms with Gasteiger partial charge < -0.3 is 10.1 Å². The summed E-state index contributed by atoms with van der Waals surface area (Å²) < 4.78 is 32.4. The predicted octanol–water partition coefficient (Wildman–Crippen LogP) is 2.07. The van der Waals surface area contributed by atoms with Crippen molar-refractivity contribution in [1.29, 1.82) is 0 Å². The molecule has 6 nitrogen and oxygen atoms in total. The van der Waals surface area contributed by atoms with E-state index in [1.54, 1.807) is 12.1 Å². The Kier molecular flexibility index (Phi) is 6.55. The summed E-state index contributed by atoms with van der Waals surface area (Å²) in [6.45, 7) is 4.20. The number of benzene rings is 2. The third-order valence-corrected chi connectivity index (χ3v) is 5.04. The van der Waals surface area contributed by atoms with Crippen molar-refractivity contribution in [2.45, 2.75) is 31.3 Å². The Bertz CT molecular complexity index is 790. The molecule has 0 radical (unpaired) electrons. The van der Waals surface area contributed by atoms with E-state index in [1.165, 1.54) is 19.1 Å². The molecule has 7 heteroatoms. The minimum absolute atomic E-state index is 0.0821. The van der Waals surface area contributed by atoms with Crippen LogP contribution >= 0.6 is 0 Å². The maximum Gasteiger partial charge on any atom is 0.241 e. The van der Waals surface area contributed by atoms with Crippen molar-refractivity contribution < 1.29 is 17.9 Å². The number of sulfonamides is 1. The maximum absolute atomic E-state index is 12.4. The molecule has 0 aliphatic rings. The highest BCUT2D eigenvalue weighted by Gasteiger charge is 2.21. The van der Waals surface area contributed by atoms with Crippen LogP contribution in [0.15, 0.2) is 59.5 Å². The lowest BCUT2D eigenvalue weighted by Gasteiger charge is -2.15.